The summed E-state index contributed by atoms with van der Waals surface area (Å²) in [5.74, 6) is 0.944. The SMILES string of the molecule is CC1CN(Cc2csc3ccccc23)C(C2CC2)CN1. The Balaban J connectivity index is 1.59. The van der Waals surface area contributed by atoms with Crippen LogP contribution in [0.1, 0.15) is 25.3 Å². The van der Waals surface area contributed by atoms with Crippen LogP contribution in [0.4, 0.5) is 0 Å². The fourth-order valence-electron chi connectivity index (χ4n) is 3.50. The number of thiophene rings is 1. The minimum absolute atomic E-state index is 0.620. The Morgan fingerprint density at radius 3 is 3.00 bits per heavy atom. The summed E-state index contributed by atoms with van der Waals surface area (Å²) in [6.45, 7) is 5.79. The Kier molecular flexibility index (Phi) is 3.29. The number of rotatable bonds is 3. The molecule has 0 spiro atoms. The number of hydrogen-bond acceptors (Lipinski definition) is 3. The molecule has 1 aliphatic heterocycles. The van der Waals surface area contributed by atoms with E-state index in [1.54, 1.807) is 0 Å². The van der Waals surface area contributed by atoms with Crippen molar-refractivity contribution in [2.75, 3.05) is 13.1 Å². The third-order valence-electron chi connectivity index (χ3n) is 4.75. The summed E-state index contributed by atoms with van der Waals surface area (Å²) in [6, 6.07) is 10.2. The quantitative estimate of drug-likeness (QED) is 0.929. The van der Waals surface area contributed by atoms with Gasteiger partial charge in [-0.25, -0.2) is 0 Å². The lowest BCUT2D eigenvalue weighted by Crippen LogP contribution is -2.55. The van der Waals surface area contributed by atoms with Gasteiger partial charge in [0.05, 0.1) is 0 Å². The van der Waals surface area contributed by atoms with Gasteiger partial charge in [-0.2, -0.15) is 0 Å². The highest BCUT2D eigenvalue weighted by molar-refractivity contribution is 7.17. The smallest absolute Gasteiger partial charge is 0.0346 e. The van der Waals surface area contributed by atoms with Crippen molar-refractivity contribution in [2.24, 2.45) is 5.92 Å². The van der Waals surface area contributed by atoms with Crippen molar-refractivity contribution in [1.82, 2.24) is 10.2 Å². The van der Waals surface area contributed by atoms with Crippen LogP contribution in [0.5, 0.6) is 0 Å². The molecule has 2 unspecified atom stereocenters. The molecular weight excluding hydrogens is 264 g/mol. The first kappa shape index (κ1) is 12.8. The van der Waals surface area contributed by atoms with E-state index in [0.717, 1.165) is 18.5 Å². The topological polar surface area (TPSA) is 15.3 Å². The number of nitrogens with zero attached hydrogens (tertiary/aromatic N) is 1. The highest BCUT2D eigenvalue weighted by Gasteiger charge is 2.37. The number of hydrogen-bond donors (Lipinski definition) is 1. The molecule has 1 aliphatic carbocycles. The van der Waals surface area contributed by atoms with Crippen molar-refractivity contribution in [1.29, 1.82) is 0 Å². The lowest BCUT2D eigenvalue weighted by Gasteiger charge is -2.39. The molecule has 20 heavy (non-hydrogen) atoms. The molecule has 106 valence electrons. The van der Waals surface area contributed by atoms with E-state index < -0.39 is 0 Å². The second-order valence-corrected chi connectivity index (χ2v) is 7.31. The van der Waals surface area contributed by atoms with Gasteiger partial charge in [0.2, 0.25) is 0 Å². The van der Waals surface area contributed by atoms with Crippen molar-refractivity contribution in [3.05, 3.63) is 35.2 Å². The number of benzene rings is 1. The molecule has 1 saturated carbocycles. The van der Waals surface area contributed by atoms with Gasteiger partial charge < -0.3 is 5.32 Å². The zero-order valence-electron chi connectivity index (χ0n) is 12.0. The van der Waals surface area contributed by atoms with Crippen LogP contribution >= 0.6 is 11.3 Å². The van der Waals surface area contributed by atoms with E-state index in [1.807, 2.05) is 11.3 Å². The van der Waals surface area contributed by atoms with Crippen molar-refractivity contribution >= 4 is 21.4 Å². The fraction of sp³-hybridized carbons (Fsp3) is 0.529. The van der Waals surface area contributed by atoms with Crippen LogP contribution in [0.3, 0.4) is 0 Å². The Morgan fingerprint density at radius 1 is 1.30 bits per heavy atom. The van der Waals surface area contributed by atoms with E-state index >= 15 is 0 Å². The van der Waals surface area contributed by atoms with Crippen LogP contribution in [0.2, 0.25) is 0 Å². The summed E-state index contributed by atoms with van der Waals surface area (Å²) < 4.78 is 1.42. The minimum Gasteiger partial charge on any atom is -0.311 e. The molecule has 1 N–H and O–H groups in total. The lowest BCUT2D eigenvalue weighted by atomic mass is 10.0. The van der Waals surface area contributed by atoms with E-state index in [2.05, 4.69) is 46.8 Å². The highest BCUT2D eigenvalue weighted by atomic mass is 32.1. The molecule has 1 aromatic carbocycles. The van der Waals surface area contributed by atoms with Crippen LogP contribution < -0.4 is 5.32 Å². The maximum atomic E-state index is 3.66. The van der Waals surface area contributed by atoms with Crippen molar-refractivity contribution in [3.8, 4) is 0 Å². The van der Waals surface area contributed by atoms with Gasteiger partial charge in [0.15, 0.2) is 0 Å². The Hall–Kier alpha value is -0.900. The molecule has 2 aliphatic rings. The molecule has 2 nitrogen and oxygen atoms in total. The van der Waals surface area contributed by atoms with Gasteiger partial charge in [0.25, 0.3) is 0 Å². The summed E-state index contributed by atoms with van der Waals surface area (Å²) in [4.78, 5) is 2.73. The van der Waals surface area contributed by atoms with Gasteiger partial charge in [-0.15, -0.1) is 11.3 Å². The van der Waals surface area contributed by atoms with Gasteiger partial charge in [-0.1, -0.05) is 18.2 Å². The van der Waals surface area contributed by atoms with E-state index in [9.17, 15) is 0 Å². The monoisotopic (exact) mass is 286 g/mol. The van der Waals surface area contributed by atoms with Gasteiger partial charge in [-0.05, 0) is 48.1 Å². The molecule has 2 aromatic rings. The number of fused-ring (bicyclic) bond motifs is 1. The van der Waals surface area contributed by atoms with E-state index in [4.69, 9.17) is 0 Å². The average Bonchev–Trinajstić information content (AvgIpc) is 3.22. The molecule has 0 amide bonds. The van der Waals surface area contributed by atoms with Gasteiger partial charge in [-0.3, -0.25) is 4.90 Å². The molecule has 4 rings (SSSR count). The van der Waals surface area contributed by atoms with Crippen LogP contribution in [-0.4, -0.2) is 30.1 Å². The molecule has 2 atom stereocenters. The number of piperazine rings is 1. The summed E-state index contributed by atoms with van der Waals surface area (Å²) >= 11 is 1.89. The predicted octanol–water partition coefficient (Wildman–Crippen LogP) is 3.47. The maximum absolute atomic E-state index is 3.66. The second-order valence-electron chi connectivity index (χ2n) is 6.40. The van der Waals surface area contributed by atoms with Crippen LogP contribution in [-0.2, 0) is 6.54 Å². The average molecular weight is 286 g/mol. The summed E-state index contributed by atoms with van der Waals surface area (Å²) in [7, 11) is 0. The zero-order valence-corrected chi connectivity index (χ0v) is 12.8. The fourth-order valence-corrected chi connectivity index (χ4v) is 4.46. The highest BCUT2D eigenvalue weighted by Crippen LogP contribution is 2.37. The van der Waals surface area contributed by atoms with Crippen molar-refractivity contribution in [2.45, 2.75) is 38.4 Å². The third kappa shape index (κ3) is 2.39. The van der Waals surface area contributed by atoms with Gasteiger partial charge in [0, 0.05) is 36.4 Å². The molecule has 0 radical (unpaired) electrons. The minimum atomic E-state index is 0.620. The molecular formula is C17H22N2S. The lowest BCUT2D eigenvalue weighted by molar-refractivity contribution is 0.113. The Morgan fingerprint density at radius 2 is 2.15 bits per heavy atom. The van der Waals surface area contributed by atoms with E-state index in [1.165, 1.54) is 41.6 Å². The normalized spacial score (nSPS) is 28.1. The van der Waals surface area contributed by atoms with Crippen LogP contribution in [0, 0.1) is 5.92 Å². The van der Waals surface area contributed by atoms with Crippen molar-refractivity contribution in [3.63, 3.8) is 0 Å². The number of nitrogens with one attached hydrogen (secondary N) is 1. The first-order valence-corrected chi connectivity index (χ1v) is 8.62. The summed E-state index contributed by atoms with van der Waals surface area (Å²) in [5.41, 5.74) is 1.52. The second kappa shape index (κ2) is 5.14. The first-order chi connectivity index (χ1) is 9.81. The summed E-state index contributed by atoms with van der Waals surface area (Å²) in [6.07, 6.45) is 2.86. The van der Waals surface area contributed by atoms with E-state index in [-0.39, 0.29) is 0 Å². The third-order valence-corrected chi connectivity index (χ3v) is 5.77. The molecule has 2 fully saturated rings. The van der Waals surface area contributed by atoms with Crippen LogP contribution in [0.15, 0.2) is 29.6 Å². The first-order valence-electron chi connectivity index (χ1n) is 7.74. The van der Waals surface area contributed by atoms with Gasteiger partial charge >= 0.3 is 0 Å². The maximum Gasteiger partial charge on any atom is 0.0346 e. The van der Waals surface area contributed by atoms with Crippen molar-refractivity contribution < 1.29 is 0 Å². The van der Waals surface area contributed by atoms with Gasteiger partial charge in [0.1, 0.15) is 0 Å². The Bertz CT molecular complexity index is 602. The molecule has 0 bridgehead atoms. The standard InChI is InChI=1S/C17H22N2S/c1-12-9-19(16(8-18-12)13-6-7-13)10-14-11-20-17-5-3-2-4-15(14)17/h2-5,11-13,16,18H,6-10H2,1H3. The van der Waals surface area contributed by atoms with E-state index in [0.29, 0.717) is 6.04 Å². The summed E-state index contributed by atoms with van der Waals surface area (Å²) in [5, 5.41) is 7.48. The zero-order chi connectivity index (χ0) is 13.5. The largest absolute Gasteiger partial charge is 0.311 e. The predicted molar refractivity (Wildman–Crippen MR) is 86.2 cm³/mol. The Labute approximate surface area is 124 Å². The molecule has 1 saturated heterocycles. The van der Waals surface area contributed by atoms with Crippen LogP contribution in [0.25, 0.3) is 10.1 Å². The molecule has 1 aromatic heterocycles. The molecule has 2 heterocycles. The molecule has 3 heteroatoms.